The number of halogens is 3. The summed E-state index contributed by atoms with van der Waals surface area (Å²) in [5.41, 5.74) is 4.43. The van der Waals surface area contributed by atoms with Gasteiger partial charge in [-0.1, -0.05) is 6.42 Å². The van der Waals surface area contributed by atoms with E-state index in [4.69, 9.17) is 5.73 Å². The van der Waals surface area contributed by atoms with Gasteiger partial charge in [0, 0.05) is 24.5 Å². The number of nitrogens with zero attached hydrogens (tertiary/aromatic N) is 2. The molecule has 1 saturated heterocycles. The Balaban J connectivity index is 1.82. The van der Waals surface area contributed by atoms with E-state index in [-0.39, 0.29) is 11.5 Å². The summed E-state index contributed by atoms with van der Waals surface area (Å²) in [4.78, 5) is 13.7. The van der Waals surface area contributed by atoms with E-state index < -0.39 is 23.3 Å². The van der Waals surface area contributed by atoms with Gasteiger partial charge >= 0.3 is 6.18 Å². The maximum Gasteiger partial charge on any atom is 0.420 e. The van der Waals surface area contributed by atoms with Crippen molar-refractivity contribution in [1.29, 1.82) is 0 Å². The largest absolute Gasteiger partial charge is 0.420 e. The number of amides is 1. The normalized spacial score (nSPS) is 25.0. The number of carbonyl (C=O) groups excluding carboxylic acids is 1. The van der Waals surface area contributed by atoms with Crippen molar-refractivity contribution in [1.82, 2.24) is 15.1 Å². The lowest BCUT2D eigenvalue weighted by molar-refractivity contribution is -0.138. The maximum atomic E-state index is 12.8. The molecule has 3 rings (SSSR count). The highest BCUT2D eigenvalue weighted by Crippen LogP contribution is 2.47. The van der Waals surface area contributed by atoms with Crippen molar-refractivity contribution in [3.63, 3.8) is 0 Å². The second-order valence-electron chi connectivity index (χ2n) is 5.66. The Hall–Kier alpha value is -1.57. The van der Waals surface area contributed by atoms with Crippen LogP contribution in [-0.2, 0) is 6.18 Å². The van der Waals surface area contributed by atoms with E-state index in [1.54, 1.807) is 0 Å². The van der Waals surface area contributed by atoms with Gasteiger partial charge in [0.15, 0.2) is 0 Å². The number of H-pyrrole nitrogens is 1. The van der Waals surface area contributed by atoms with Crippen LogP contribution in [0.5, 0.6) is 0 Å². The first-order valence-electron chi connectivity index (χ1n) is 6.49. The lowest BCUT2D eigenvalue weighted by atomic mass is 9.66. The molecule has 3 N–H and O–H groups in total. The maximum absolute atomic E-state index is 12.8. The lowest BCUT2D eigenvalue weighted by Crippen LogP contribution is -2.45. The van der Waals surface area contributed by atoms with Gasteiger partial charge in [0.25, 0.3) is 5.91 Å². The van der Waals surface area contributed by atoms with Crippen LogP contribution in [0.2, 0.25) is 0 Å². The third kappa shape index (κ3) is 1.90. The number of likely N-dealkylation sites (tertiary alicyclic amines) is 1. The molecule has 1 atom stereocenters. The molecule has 1 spiro atoms. The van der Waals surface area contributed by atoms with Gasteiger partial charge in [-0.3, -0.25) is 9.89 Å². The zero-order chi connectivity index (χ0) is 14.5. The van der Waals surface area contributed by atoms with Crippen molar-refractivity contribution in [2.75, 3.05) is 13.1 Å². The molecule has 1 aliphatic heterocycles. The number of rotatable bonds is 1. The fourth-order valence-corrected chi connectivity index (χ4v) is 3.13. The highest BCUT2D eigenvalue weighted by Gasteiger charge is 2.50. The molecule has 1 aliphatic carbocycles. The second-order valence-corrected chi connectivity index (χ2v) is 5.66. The van der Waals surface area contributed by atoms with E-state index >= 15 is 0 Å². The van der Waals surface area contributed by atoms with E-state index in [0.717, 1.165) is 19.3 Å². The van der Waals surface area contributed by atoms with Crippen LogP contribution in [0, 0.1) is 5.41 Å². The molecule has 0 radical (unpaired) electrons. The summed E-state index contributed by atoms with van der Waals surface area (Å²) in [6, 6.07) is -0.155. The molecule has 1 aromatic rings. The van der Waals surface area contributed by atoms with Gasteiger partial charge < -0.3 is 10.6 Å². The van der Waals surface area contributed by atoms with E-state index in [2.05, 4.69) is 10.2 Å². The second kappa shape index (κ2) is 4.21. The molecule has 0 bridgehead atoms. The topological polar surface area (TPSA) is 75.0 Å². The Morgan fingerprint density at radius 1 is 1.50 bits per heavy atom. The summed E-state index contributed by atoms with van der Waals surface area (Å²) >= 11 is 0. The molecule has 1 amide bonds. The smallest absolute Gasteiger partial charge is 0.335 e. The standard InChI is InChI=1S/C12H15F3N4O/c13-12(14,15)7-4-17-18-9(7)10(20)19-5-8(16)11(6-19)2-1-3-11/h4,8H,1-3,5-6,16H2,(H,17,18). The van der Waals surface area contributed by atoms with Gasteiger partial charge in [0.05, 0.1) is 6.20 Å². The number of alkyl halides is 3. The monoisotopic (exact) mass is 288 g/mol. The SMILES string of the molecule is NC1CN(C(=O)c2[nH]ncc2C(F)(F)F)CC12CCC2. The van der Waals surface area contributed by atoms with Crippen LogP contribution in [0.25, 0.3) is 0 Å². The van der Waals surface area contributed by atoms with Crippen LogP contribution in [0.15, 0.2) is 6.20 Å². The zero-order valence-electron chi connectivity index (χ0n) is 10.7. The van der Waals surface area contributed by atoms with Crippen LogP contribution in [0.4, 0.5) is 13.2 Å². The summed E-state index contributed by atoms with van der Waals surface area (Å²) in [7, 11) is 0. The number of nitrogens with two attached hydrogens (primary N) is 1. The van der Waals surface area contributed by atoms with Crippen molar-refractivity contribution >= 4 is 5.91 Å². The van der Waals surface area contributed by atoms with Gasteiger partial charge in [0.2, 0.25) is 0 Å². The van der Waals surface area contributed by atoms with Crippen molar-refractivity contribution in [2.45, 2.75) is 31.5 Å². The first kappa shape index (κ1) is 13.4. The number of carbonyl (C=O) groups is 1. The zero-order valence-corrected chi connectivity index (χ0v) is 10.7. The van der Waals surface area contributed by atoms with E-state index in [0.29, 0.717) is 19.3 Å². The molecule has 0 aromatic carbocycles. The van der Waals surface area contributed by atoms with E-state index in [9.17, 15) is 18.0 Å². The highest BCUT2D eigenvalue weighted by molar-refractivity contribution is 5.94. The predicted molar refractivity (Wildman–Crippen MR) is 63.8 cm³/mol. The third-order valence-electron chi connectivity index (χ3n) is 4.50. The minimum Gasteiger partial charge on any atom is -0.335 e. The Kier molecular flexibility index (Phi) is 2.82. The first-order chi connectivity index (χ1) is 9.33. The molecule has 2 heterocycles. The number of aromatic nitrogens is 2. The average Bonchev–Trinajstić information content (AvgIpc) is 2.89. The van der Waals surface area contributed by atoms with E-state index in [1.165, 1.54) is 4.90 Å². The lowest BCUT2D eigenvalue weighted by Gasteiger charge is -2.41. The summed E-state index contributed by atoms with van der Waals surface area (Å²) in [5.74, 6) is -0.672. The molecular weight excluding hydrogens is 273 g/mol. The molecular formula is C12H15F3N4O. The minimum absolute atomic E-state index is 0.0892. The molecule has 1 unspecified atom stereocenters. The predicted octanol–water partition coefficient (Wildman–Crippen LogP) is 1.38. The summed E-state index contributed by atoms with van der Waals surface area (Å²) < 4.78 is 38.3. The number of aromatic amines is 1. The van der Waals surface area contributed by atoms with Gasteiger partial charge in [-0.25, -0.2) is 0 Å². The molecule has 2 fully saturated rings. The first-order valence-corrected chi connectivity index (χ1v) is 6.49. The summed E-state index contributed by atoms with van der Waals surface area (Å²) in [6.07, 6.45) is -1.01. The van der Waals surface area contributed by atoms with Crippen molar-refractivity contribution < 1.29 is 18.0 Å². The van der Waals surface area contributed by atoms with Gasteiger partial charge in [-0.15, -0.1) is 0 Å². The minimum atomic E-state index is -4.59. The average molecular weight is 288 g/mol. The van der Waals surface area contributed by atoms with Crippen molar-refractivity contribution in [2.24, 2.45) is 11.1 Å². The highest BCUT2D eigenvalue weighted by atomic mass is 19.4. The quantitative estimate of drug-likeness (QED) is 0.820. The molecule has 8 heteroatoms. The molecule has 5 nitrogen and oxygen atoms in total. The Labute approximate surface area is 113 Å². The third-order valence-corrected chi connectivity index (χ3v) is 4.50. The fraction of sp³-hybridized carbons (Fsp3) is 0.667. The van der Waals surface area contributed by atoms with E-state index in [1.807, 2.05) is 0 Å². The molecule has 1 aromatic heterocycles. The van der Waals surface area contributed by atoms with Gasteiger partial charge in [-0.05, 0) is 12.8 Å². The summed E-state index contributed by atoms with van der Waals surface area (Å²) in [5, 5.41) is 5.51. The van der Waals surface area contributed by atoms with Crippen LogP contribution < -0.4 is 5.73 Å². The van der Waals surface area contributed by atoms with Crippen molar-refractivity contribution in [3.8, 4) is 0 Å². The van der Waals surface area contributed by atoms with Crippen LogP contribution >= 0.6 is 0 Å². The van der Waals surface area contributed by atoms with Crippen molar-refractivity contribution in [3.05, 3.63) is 17.5 Å². The molecule has 1 saturated carbocycles. The number of hydrogen-bond acceptors (Lipinski definition) is 3. The Morgan fingerprint density at radius 3 is 2.70 bits per heavy atom. The van der Waals surface area contributed by atoms with Crippen LogP contribution in [0.3, 0.4) is 0 Å². The Morgan fingerprint density at radius 2 is 2.20 bits per heavy atom. The van der Waals surface area contributed by atoms with Gasteiger partial charge in [0.1, 0.15) is 11.3 Å². The summed E-state index contributed by atoms with van der Waals surface area (Å²) in [6.45, 7) is 0.735. The fourth-order valence-electron chi connectivity index (χ4n) is 3.13. The van der Waals surface area contributed by atoms with Crippen LogP contribution in [0.1, 0.15) is 35.3 Å². The molecule has 2 aliphatic rings. The molecule has 110 valence electrons. The number of hydrogen-bond donors (Lipinski definition) is 2. The van der Waals surface area contributed by atoms with Crippen LogP contribution in [-0.4, -0.2) is 40.1 Å². The Bertz CT molecular complexity index is 535. The van der Waals surface area contributed by atoms with Gasteiger partial charge in [-0.2, -0.15) is 18.3 Å². The molecule has 20 heavy (non-hydrogen) atoms. The number of nitrogens with one attached hydrogen (secondary N) is 1.